The van der Waals surface area contributed by atoms with Gasteiger partial charge in [0, 0.05) is 20.9 Å². The van der Waals surface area contributed by atoms with Gasteiger partial charge in [0.2, 0.25) is 0 Å². The minimum Gasteiger partial charge on any atom is -0.461 e. The molecule has 0 aliphatic carbocycles. The molecule has 3 rings (SSSR count). The number of alkyl halides is 3. The molecule has 1 heterocycles. The van der Waals surface area contributed by atoms with Crippen molar-refractivity contribution < 1.29 is 27.5 Å². The number of halogens is 4. The van der Waals surface area contributed by atoms with Gasteiger partial charge in [-0.3, -0.25) is 4.79 Å². The van der Waals surface area contributed by atoms with Crippen molar-refractivity contribution in [3.63, 3.8) is 0 Å². The zero-order valence-electron chi connectivity index (χ0n) is 14.5. The summed E-state index contributed by atoms with van der Waals surface area (Å²) < 4.78 is 44.4. The number of rotatable bonds is 4. The molecule has 1 aromatic heterocycles. The van der Waals surface area contributed by atoms with Gasteiger partial charge in [-0.2, -0.15) is 13.2 Å². The Hall–Kier alpha value is -2.81. The minimum atomic E-state index is -4.57. The lowest BCUT2D eigenvalue weighted by molar-refractivity contribution is -0.137. The van der Waals surface area contributed by atoms with Crippen molar-refractivity contribution in [3.8, 4) is 0 Å². The van der Waals surface area contributed by atoms with Crippen molar-refractivity contribution in [3.05, 3.63) is 63.8 Å². The maximum Gasteiger partial charge on any atom is 0.416 e. The number of aromatic nitrogens is 1. The predicted molar refractivity (Wildman–Crippen MR) is 101 cm³/mol. The summed E-state index contributed by atoms with van der Waals surface area (Å²) in [6, 6.07) is 9.16. The van der Waals surface area contributed by atoms with E-state index < -0.39 is 23.6 Å². The van der Waals surface area contributed by atoms with Crippen LogP contribution in [0.3, 0.4) is 0 Å². The number of esters is 1. The van der Waals surface area contributed by atoms with Gasteiger partial charge < -0.3 is 15.0 Å². The fourth-order valence-electron chi connectivity index (χ4n) is 2.67. The third kappa shape index (κ3) is 4.04. The fraction of sp³-hybridized carbons (Fsp3) is 0.158. The maximum atomic E-state index is 12.9. The van der Waals surface area contributed by atoms with Crippen LogP contribution in [-0.2, 0) is 10.9 Å². The summed E-state index contributed by atoms with van der Waals surface area (Å²) in [5.41, 5.74) is -0.417. The van der Waals surface area contributed by atoms with Gasteiger partial charge in [0.05, 0.1) is 17.9 Å². The number of aromatic amines is 1. The summed E-state index contributed by atoms with van der Waals surface area (Å²) in [6.07, 6.45) is -4.57. The number of fused-ring (bicyclic) bond motifs is 1. The number of anilines is 1. The van der Waals surface area contributed by atoms with Gasteiger partial charge >= 0.3 is 12.1 Å². The summed E-state index contributed by atoms with van der Waals surface area (Å²) in [6.45, 7) is 1.76. The monoisotopic (exact) mass is 454 g/mol. The number of H-pyrrole nitrogens is 1. The van der Waals surface area contributed by atoms with Crippen LogP contribution in [0, 0.1) is 0 Å². The molecule has 0 atom stereocenters. The Morgan fingerprint density at radius 3 is 2.61 bits per heavy atom. The van der Waals surface area contributed by atoms with Crippen LogP contribution in [0.5, 0.6) is 0 Å². The highest BCUT2D eigenvalue weighted by Crippen LogP contribution is 2.32. The van der Waals surface area contributed by atoms with Gasteiger partial charge in [-0.25, -0.2) is 4.79 Å². The van der Waals surface area contributed by atoms with Crippen molar-refractivity contribution in [2.75, 3.05) is 11.9 Å². The number of nitrogens with one attached hydrogen (secondary N) is 2. The van der Waals surface area contributed by atoms with E-state index in [0.717, 1.165) is 18.2 Å². The molecule has 0 aliphatic rings. The van der Waals surface area contributed by atoms with Crippen LogP contribution in [0.15, 0.2) is 46.9 Å². The van der Waals surface area contributed by atoms with E-state index in [1.165, 1.54) is 6.07 Å². The molecule has 0 saturated carbocycles. The molecule has 0 bridgehead atoms. The minimum absolute atomic E-state index is 0.00951. The number of carbonyl (C=O) groups excluding carboxylic acids is 2. The smallest absolute Gasteiger partial charge is 0.416 e. The molecule has 0 spiro atoms. The molecule has 2 aromatic carbocycles. The number of ether oxygens (including phenoxy) is 1. The van der Waals surface area contributed by atoms with E-state index in [2.05, 4.69) is 26.2 Å². The lowest BCUT2D eigenvalue weighted by Crippen LogP contribution is -2.16. The van der Waals surface area contributed by atoms with Crippen LogP contribution in [0.2, 0.25) is 0 Å². The average Bonchev–Trinajstić information content (AvgIpc) is 2.99. The average molecular weight is 455 g/mol. The Morgan fingerprint density at radius 1 is 1.18 bits per heavy atom. The molecule has 5 nitrogen and oxygen atoms in total. The van der Waals surface area contributed by atoms with Crippen molar-refractivity contribution >= 4 is 44.4 Å². The second-order valence-electron chi connectivity index (χ2n) is 5.82. The molecule has 0 radical (unpaired) electrons. The second-order valence-corrected chi connectivity index (χ2v) is 6.73. The SMILES string of the molecule is CCOC(=O)c1[nH]c2ccc(Br)cc2c1NC(=O)c1cccc(C(F)(F)F)c1. The molecule has 0 fully saturated rings. The Kier molecular flexibility index (Phi) is 5.46. The topological polar surface area (TPSA) is 71.2 Å². The molecule has 0 unspecified atom stereocenters. The largest absolute Gasteiger partial charge is 0.461 e. The van der Waals surface area contributed by atoms with Crippen molar-refractivity contribution in [1.29, 1.82) is 0 Å². The first-order chi connectivity index (χ1) is 13.2. The van der Waals surface area contributed by atoms with Gasteiger partial charge in [-0.1, -0.05) is 22.0 Å². The van der Waals surface area contributed by atoms with E-state index in [1.807, 2.05) is 0 Å². The molecular weight excluding hydrogens is 441 g/mol. The molecule has 9 heteroatoms. The van der Waals surface area contributed by atoms with Crippen LogP contribution in [0.25, 0.3) is 10.9 Å². The molecule has 2 N–H and O–H groups in total. The predicted octanol–water partition coefficient (Wildman–Crippen LogP) is 5.38. The van der Waals surface area contributed by atoms with Crippen LogP contribution in [0.1, 0.15) is 33.3 Å². The van der Waals surface area contributed by atoms with Gasteiger partial charge in [-0.05, 0) is 43.3 Å². The third-order valence-electron chi connectivity index (χ3n) is 3.93. The van der Waals surface area contributed by atoms with Gasteiger partial charge in [0.1, 0.15) is 5.69 Å². The first-order valence-electron chi connectivity index (χ1n) is 8.17. The van der Waals surface area contributed by atoms with Gasteiger partial charge in [0.25, 0.3) is 5.91 Å². The number of benzene rings is 2. The lowest BCUT2D eigenvalue weighted by atomic mass is 10.1. The third-order valence-corrected chi connectivity index (χ3v) is 4.42. The van der Waals surface area contributed by atoms with E-state index in [-0.39, 0.29) is 23.6 Å². The molecule has 1 amide bonds. The summed E-state index contributed by atoms with van der Waals surface area (Å²) in [5.74, 6) is -1.47. The van der Waals surface area contributed by atoms with E-state index in [1.54, 1.807) is 25.1 Å². The number of carbonyl (C=O) groups is 2. The highest BCUT2D eigenvalue weighted by atomic mass is 79.9. The van der Waals surface area contributed by atoms with Gasteiger partial charge in [-0.15, -0.1) is 0 Å². The van der Waals surface area contributed by atoms with Crippen molar-refractivity contribution in [2.45, 2.75) is 13.1 Å². The fourth-order valence-corrected chi connectivity index (χ4v) is 3.03. The zero-order valence-corrected chi connectivity index (χ0v) is 16.1. The summed E-state index contributed by atoms with van der Waals surface area (Å²) in [4.78, 5) is 27.7. The molecule has 0 saturated heterocycles. The summed E-state index contributed by atoms with van der Waals surface area (Å²) in [7, 11) is 0. The zero-order chi connectivity index (χ0) is 20.5. The molecule has 28 heavy (non-hydrogen) atoms. The number of hydrogen-bond donors (Lipinski definition) is 2. The molecule has 3 aromatic rings. The Balaban J connectivity index is 2.03. The Bertz CT molecular complexity index is 1060. The molecule has 146 valence electrons. The number of amides is 1. The van der Waals surface area contributed by atoms with Crippen LogP contribution >= 0.6 is 15.9 Å². The standard InChI is InChI=1S/C19H14BrF3N2O3/c1-2-28-18(27)16-15(13-9-12(20)6-7-14(13)24-16)25-17(26)10-4-3-5-11(8-10)19(21,22)23/h3-9,24H,2H2,1H3,(H,25,26). The first-order valence-corrected chi connectivity index (χ1v) is 8.97. The summed E-state index contributed by atoms with van der Waals surface area (Å²) in [5, 5.41) is 3.05. The molecule has 0 aliphatic heterocycles. The summed E-state index contributed by atoms with van der Waals surface area (Å²) >= 11 is 3.32. The van der Waals surface area contributed by atoms with E-state index in [4.69, 9.17) is 4.74 Å². The van der Waals surface area contributed by atoms with Crippen molar-refractivity contribution in [1.82, 2.24) is 4.98 Å². The van der Waals surface area contributed by atoms with E-state index in [9.17, 15) is 22.8 Å². The maximum absolute atomic E-state index is 12.9. The van der Waals surface area contributed by atoms with Crippen LogP contribution in [-0.4, -0.2) is 23.5 Å². The highest BCUT2D eigenvalue weighted by Gasteiger charge is 2.31. The normalized spacial score (nSPS) is 11.5. The van der Waals surface area contributed by atoms with Crippen molar-refractivity contribution in [2.24, 2.45) is 0 Å². The van der Waals surface area contributed by atoms with Crippen LogP contribution < -0.4 is 5.32 Å². The highest BCUT2D eigenvalue weighted by molar-refractivity contribution is 9.10. The molecular formula is C19H14BrF3N2O3. The van der Waals surface area contributed by atoms with E-state index >= 15 is 0 Å². The second kappa shape index (κ2) is 7.67. The lowest BCUT2D eigenvalue weighted by Gasteiger charge is -2.10. The van der Waals surface area contributed by atoms with Gasteiger partial charge in [0.15, 0.2) is 0 Å². The quantitative estimate of drug-likeness (QED) is 0.520. The Morgan fingerprint density at radius 2 is 1.93 bits per heavy atom. The Labute approximate surface area is 166 Å². The van der Waals surface area contributed by atoms with Crippen LogP contribution in [0.4, 0.5) is 18.9 Å². The van der Waals surface area contributed by atoms with E-state index in [0.29, 0.717) is 15.4 Å². The number of hydrogen-bond acceptors (Lipinski definition) is 3. The first kappa shape index (κ1) is 19.9.